The summed E-state index contributed by atoms with van der Waals surface area (Å²) in [6.07, 6.45) is 2.21. The van der Waals surface area contributed by atoms with Crippen LogP contribution in [0.5, 0.6) is 0 Å². The lowest BCUT2D eigenvalue weighted by Gasteiger charge is -2.18. The van der Waals surface area contributed by atoms with Gasteiger partial charge in [0, 0.05) is 22.2 Å². The Morgan fingerprint density at radius 3 is 2.48 bits per heavy atom. The standard InChI is InChI=1S/C17H22BrNS2/c1-3-11-19-16(12-15-9-10-17(18)21-15)13-5-7-14(8-6-13)20-4-2/h5-10,16,19H,3-4,11-12H2,1-2H3. The Labute approximate surface area is 144 Å². The minimum Gasteiger partial charge on any atom is -0.310 e. The molecule has 1 atom stereocenters. The number of halogens is 1. The second-order valence-electron chi connectivity index (χ2n) is 4.92. The highest BCUT2D eigenvalue weighted by Crippen LogP contribution is 2.28. The quantitative estimate of drug-likeness (QED) is 0.568. The third-order valence-corrected chi connectivity index (χ3v) is 5.81. The summed E-state index contributed by atoms with van der Waals surface area (Å²) >= 11 is 7.28. The maximum Gasteiger partial charge on any atom is 0.0701 e. The van der Waals surface area contributed by atoms with Crippen LogP contribution in [0.3, 0.4) is 0 Å². The van der Waals surface area contributed by atoms with Crippen molar-refractivity contribution in [1.29, 1.82) is 0 Å². The molecule has 1 heterocycles. The maximum atomic E-state index is 3.68. The largest absolute Gasteiger partial charge is 0.310 e. The molecule has 0 spiro atoms. The summed E-state index contributed by atoms with van der Waals surface area (Å²) in [6.45, 7) is 5.47. The van der Waals surface area contributed by atoms with E-state index in [0.717, 1.165) is 25.1 Å². The molecular formula is C17H22BrNS2. The van der Waals surface area contributed by atoms with E-state index in [1.165, 1.54) is 19.1 Å². The van der Waals surface area contributed by atoms with Crippen molar-refractivity contribution in [2.24, 2.45) is 0 Å². The van der Waals surface area contributed by atoms with Crippen LogP contribution in [0.25, 0.3) is 0 Å². The summed E-state index contributed by atoms with van der Waals surface area (Å²) in [4.78, 5) is 2.77. The molecule has 0 aliphatic heterocycles. The van der Waals surface area contributed by atoms with Gasteiger partial charge in [0.2, 0.25) is 0 Å². The van der Waals surface area contributed by atoms with Crippen LogP contribution in [0, 0.1) is 0 Å². The predicted octanol–water partition coefficient (Wildman–Crippen LogP) is 5.91. The second-order valence-corrected chi connectivity index (χ2v) is 8.80. The molecule has 0 fully saturated rings. The van der Waals surface area contributed by atoms with Crippen molar-refractivity contribution in [3.05, 3.63) is 50.6 Å². The molecule has 2 aromatic rings. The van der Waals surface area contributed by atoms with Crippen LogP contribution < -0.4 is 5.32 Å². The molecule has 0 aliphatic rings. The summed E-state index contributed by atoms with van der Waals surface area (Å²) in [6, 6.07) is 13.8. The number of thioether (sulfide) groups is 1. The van der Waals surface area contributed by atoms with Crippen LogP contribution in [0.1, 0.15) is 36.8 Å². The van der Waals surface area contributed by atoms with E-state index in [1.807, 2.05) is 23.1 Å². The number of rotatable bonds is 8. The fraction of sp³-hybridized carbons (Fsp3) is 0.412. The van der Waals surface area contributed by atoms with E-state index in [4.69, 9.17) is 0 Å². The van der Waals surface area contributed by atoms with E-state index < -0.39 is 0 Å². The number of benzene rings is 1. The van der Waals surface area contributed by atoms with Gasteiger partial charge in [-0.1, -0.05) is 26.0 Å². The molecule has 114 valence electrons. The zero-order valence-corrected chi connectivity index (χ0v) is 15.8. The van der Waals surface area contributed by atoms with Gasteiger partial charge in [0.05, 0.1) is 3.79 Å². The van der Waals surface area contributed by atoms with E-state index in [-0.39, 0.29) is 0 Å². The first kappa shape index (κ1) is 17.1. The van der Waals surface area contributed by atoms with Crippen LogP contribution in [0.4, 0.5) is 0 Å². The molecule has 0 bridgehead atoms. The molecule has 21 heavy (non-hydrogen) atoms. The summed E-state index contributed by atoms with van der Waals surface area (Å²) in [5.74, 6) is 1.13. The first-order valence-electron chi connectivity index (χ1n) is 7.43. The van der Waals surface area contributed by atoms with Crippen LogP contribution in [0.2, 0.25) is 0 Å². The lowest BCUT2D eigenvalue weighted by atomic mass is 10.0. The van der Waals surface area contributed by atoms with Crippen LogP contribution in [-0.4, -0.2) is 12.3 Å². The Morgan fingerprint density at radius 2 is 1.90 bits per heavy atom. The van der Waals surface area contributed by atoms with Crippen molar-refractivity contribution in [2.75, 3.05) is 12.3 Å². The highest BCUT2D eigenvalue weighted by molar-refractivity contribution is 9.11. The highest BCUT2D eigenvalue weighted by Gasteiger charge is 2.13. The zero-order chi connectivity index (χ0) is 15.1. The Hall–Kier alpha value is -0.290. The maximum absolute atomic E-state index is 3.68. The first-order valence-corrected chi connectivity index (χ1v) is 10.0. The van der Waals surface area contributed by atoms with E-state index in [9.17, 15) is 0 Å². The summed E-state index contributed by atoms with van der Waals surface area (Å²) in [7, 11) is 0. The molecule has 4 heteroatoms. The van der Waals surface area contributed by atoms with Gasteiger partial charge in [0.25, 0.3) is 0 Å². The van der Waals surface area contributed by atoms with Gasteiger partial charge in [-0.15, -0.1) is 23.1 Å². The van der Waals surface area contributed by atoms with E-state index >= 15 is 0 Å². The minimum absolute atomic E-state index is 0.399. The smallest absolute Gasteiger partial charge is 0.0701 e. The predicted molar refractivity (Wildman–Crippen MR) is 99.6 cm³/mol. The van der Waals surface area contributed by atoms with Gasteiger partial charge in [-0.05, 0) is 64.5 Å². The fourth-order valence-corrected chi connectivity index (χ4v) is 4.44. The lowest BCUT2D eigenvalue weighted by molar-refractivity contribution is 0.532. The molecule has 1 aromatic heterocycles. The van der Waals surface area contributed by atoms with E-state index in [2.05, 4.69) is 71.5 Å². The van der Waals surface area contributed by atoms with E-state index in [0.29, 0.717) is 6.04 Å². The molecule has 2 rings (SSSR count). The molecule has 0 saturated heterocycles. The fourth-order valence-electron chi connectivity index (χ4n) is 2.25. The molecule has 1 nitrogen and oxygen atoms in total. The van der Waals surface area contributed by atoms with Crippen molar-refractivity contribution in [3.8, 4) is 0 Å². The molecule has 0 saturated carbocycles. The summed E-state index contributed by atoms with van der Waals surface area (Å²) in [5, 5.41) is 3.68. The molecule has 0 aliphatic carbocycles. The van der Waals surface area contributed by atoms with Gasteiger partial charge in [0.1, 0.15) is 0 Å². The van der Waals surface area contributed by atoms with Crippen molar-refractivity contribution in [3.63, 3.8) is 0 Å². The Morgan fingerprint density at radius 1 is 1.14 bits per heavy atom. The van der Waals surface area contributed by atoms with Gasteiger partial charge < -0.3 is 5.32 Å². The van der Waals surface area contributed by atoms with Crippen molar-refractivity contribution < 1.29 is 0 Å². The minimum atomic E-state index is 0.399. The molecule has 0 radical (unpaired) electrons. The zero-order valence-electron chi connectivity index (χ0n) is 12.6. The van der Waals surface area contributed by atoms with Crippen molar-refractivity contribution >= 4 is 39.0 Å². The van der Waals surface area contributed by atoms with Crippen LogP contribution >= 0.6 is 39.0 Å². The summed E-state index contributed by atoms with van der Waals surface area (Å²) in [5.41, 5.74) is 1.38. The van der Waals surface area contributed by atoms with Crippen LogP contribution in [0.15, 0.2) is 45.1 Å². The number of hydrogen-bond donors (Lipinski definition) is 1. The Kier molecular flexibility index (Phi) is 7.30. The monoisotopic (exact) mass is 383 g/mol. The molecule has 1 unspecified atom stereocenters. The first-order chi connectivity index (χ1) is 10.2. The topological polar surface area (TPSA) is 12.0 Å². The molecular weight excluding hydrogens is 362 g/mol. The van der Waals surface area contributed by atoms with Gasteiger partial charge in [-0.25, -0.2) is 0 Å². The normalized spacial score (nSPS) is 12.5. The number of thiophene rings is 1. The van der Waals surface area contributed by atoms with Gasteiger partial charge in [0.15, 0.2) is 0 Å². The third-order valence-electron chi connectivity index (χ3n) is 3.27. The van der Waals surface area contributed by atoms with Gasteiger partial charge >= 0.3 is 0 Å². The van der Waals surface area contributed by atoms with E-state index in [1.54, 1.807) is 0 Å². The van der Waals surface area contributed by atoms with Crippen LogP contribution in [-0.2, 0) is 6.42 Å². The SMILES string of the molecule is CCCNC(Cc1ccc(Br)s1)c1ccc(SCC)cc1. The lowest BCUT2D eigenvalue weighted by Crippen LogP contribution is -2.23. The van der Waals surface area contributed by atoms with Gasteiger partial charge in [-0.2, -0.15) is 0 Å². The molecule has 0 amide bonds. The average molecular weight is 384 g/mol. The Bertz CT molecular complexity index is 536. The highest BCUT2D eigenvalue weighted by atomic mass is 79.9. The number of hydrogen-bond acceptors (Lipinski definition) is 3. The second kappa shape index (κ2) is 8.99. The van der Waals surface area contributed by atoms with Crippen molar-refractivity contribution in [1.82, 2.24) is 5.32 Å². The van der Waals surface area contributed by atoms with Gasteiger partial charge in [-0.3, -0.25) is 0 Å². The third kappa shape index (κ3) is 5.44. The number of nitrogens with one attached hydrogen (secondary N) is 1. The molecule has 1 N–H and O–H groups in total. The average Bonchev–Trinajstić information content (AvgIpc) is 2.90. The molecule has 1 aromatic carbocycles. The van der Waals surface area contributed by atoms with Crippen molar-refractivity contribution in [2.45, 2.75) is 37.6 Å². The summed E-state index contributed by atoms with van der Waals surface area (Å²) < 4.78 is 1.21. The Balaban J connectivity index is 2.10.